The number of alkyl halides is 3. The normalized spacial score (nSPS) is 17.2. The van der Waals surface area contributed by atoms with E-state index >= 15 is 0 Å². The number of aliphatic hydroxyl groups is 2. The predicted molar refractivity (Wildman–Crippen MR) is 124 cm³/mol. The summed E-state index contributed by atoms with van der Waals surface area (Å²) < 4.78 is 49.5. The molecular formula is C23H30F3N5O3S. The van der Waals surface area contributed by atoms with Gasteiger partial charge in [0.15, 0.2) is 0 Å². The highest BCUT2D eigenvalue weighted by Gasteiger charge is 2.37. The Balaban J connectivity index is 1.40. The average Bonchev–Trinajstić information content (AvgIpc) is 3.51. The van der Waals surface area contributed by atoms with Crippen molar-refractivity contribution >= 4 is 11.3 Å². The van der Waals surface area contributed by atoms with E-state index in [-0.39, 0.29) is 5.56 Å². The van der Waals surface area contributed by atoms with E-state index in [2.05, 4.69) is 15.1 Å². The molecule has 0 radical (unpaired) electrons. The maximum Gasteiger partial charge on any atom is 0.425 e. The molecule has 2 N–H and O–H groups in total. The van der Waals surface area contributed by atoms with Crippen LogP contribution in [0.2, 0.25) is 0 Å². The SMILES string of the molecule is Cn1nccc1C(O)Cn1cc(CN2CCCc3sc(C(F)(F)F)c(CO)c3CCOCC2)cn1. The third-order valence-electron chi connectivity index (χ3n) is 6.20. The summed E-state index contributed by atoms with van der Waals surface area (Å²) in [5.41, 5.74) is 2.28. The zero-order valence-electron chi connectivity index (χ0n) is 19.5. The topological polar surface area (TPSA) is 88.6 Å². The minimum absolute atomic E-state index is 0.00192. The van der Waals surface area contributed by atoms with Crippen molar-refractivity contribution in [2.24, 2.45) is 7.05 Å². The van der Waals surface area contributed by atoms with Gasteiger partial charge in [0, 0.05) is 48.5 Å². The number of ether oxygens (including phenoxy) is 1. The number of aromatic nitrogens is 4. The van der Waals surface area contributed by atoms with Gasteiger partial charge in [-0.05, 0) is 37.4 Å². The van der Waals surface area contributed by atoms with Crippen molar-refractivity contribution in [2.75, 3.05) is 26.3 Å². The standard InChI is InChI=1S/C23H30F3N5O3S/c1-29-19(4-6-27-29)20(33)14-31-13-16(11-28-31)12-30-7-2-3-21-17(5-9-34-10-8-30)18(15-32)22(35-21)23(24,25)26/h4,6,11,13,20,32-33H,2-3,5,7-10,12,14-15H2,1H3. The number of rotatable bonds is 6. The van der Waals surface area contributed by atoms with Crippen LogP contribution in [0.1, 0.15) is 44.7 Å². The fraction of sp³-hybridized carbons (Fsp3) is 0.565. The van der Waals surface area contributed by atoms with Gasteiger partial charge in [0.25, 0.3) is 0 Å². The second-order valence-corrected chi connectivity index (χ2v) is 9.78. The van der Waals surface area contributed by atoms with Crippen LogP contribution < -0.4 is 0 Å². The monoisotopic (exact) mass is 513 g/mol. The molecule has 12 heteroatoms. The first-order valence-electron chi connectivity index (χ1n) is 11.5. The first kappa shape index (κ1) is 25.8. The van der Waals surface area contributed by atoms with Crippen LogP contribution in [-0.2, 0) is 50.5 Å². The van der Waals surface area contributed by atoms with E-state index in [0.29, 0.717) is 74.8 Å². The van der Waals surface area contributed by atoms with Gasteiger partial charge < -0.3 is 14.9 Å². The molecule has 0 saturated heterocycles. The van der Waals surface area contributed by atoms with E-state index < -0.39 is 23.8 Å². The molecule has 1 atom stereocenters. The van der Waals surface area contributed by atoms with Crippen molar-refractivity contribution < 1.29 is 28.1 Å². The number of nitrogens with zero attached hydrogens (tertiary/aromatic N) is 5. The Morgan fingerprint density at radius 1 is 1.20 bits per heavy atom. The molecule has 0 amide bonds. The van der Waals surface area contributed by atoms with Gasteiger partial charge in [-0.15, -0.1) is 11.3 Å². The van der Waals surface area contributed by atoms with Gasteiger partial charge in [0.2, 0.25) is 0 Å². The van der Waals surface area contributed by atoms with Gasteiger partial charge in [-0.25, -0.2) is 0 Å². The van der Waals surface area contributed by atoms with Crippen molar-refractivity contribution in [1.82, 2.24) is 24.5 Å². The molecule has 3 aromatic heterocycles. The smallest absolute Gasteiger partial charge is 0.392 e. The number of aliphatic hydroxyl groups excluding tert-OH is 2. The molecule has 0 saturated carbocycles. The lowest BCUT2D eigenvalue weighted by Gasteiger charge is -2.21. The van der Waals surface area contributed by atoms with Crippen molar-refractivity contribution in [2.45, 2.75) is 51.2 Å². The quantitative estimate of drug-likeness (QED) is 0.527. The summed E-state index contributed by atoms with van der Waals surface area (Å²) in [5, 5.41) is 28.5. The summed E-state index contributed by atoms with van der Waals surface area (Å²) in [7, 11) is 1.78. The second kappa shape index (κ2) is 11.2. The van der Waals surface area contributed by atoms with Crippen LogP contribution in [0.4, 0.5) is 13.2 Å². The summed E-state index contributed by atoms with van der Waals surface area (Å²) in [6.45, 7) is 2.47. The van der Waals surface area contributed by atoms with E-state index in [1.807, 2.05) is 6.20 Å². The van der Waals surface area contributed by atoms with Crippen LogP contribution in [-0.4, -0.2) is 61.0 Å². The summed E-state index contributed by atoms with van der Waals surface area (Å²) in [6.07, 6.45) is 1.69. The zero-order chi connectivity index (χ0) is 25.0. The Bertz CT molecular complexity index is 1110. The maximum absolute atomic E-state index is 13.5. The molecule has 3 aromatic rings. The van der Waals surface area contributed by atoms with Gasteiger partial charge in [-0.1, -0.05) is 0 Å². The number of aryl methyl sites for hydroxylation is 2. The van der Waals surface area contributed by atoms with Crippen LogP contribution in [0.3, 0.4) is 0 Å². The predicted octanol–water partition coefficient (Wildman–Crippen LogP) is 2.93. The first-order valence-corrected chi connectivity index (χ1v) is 12.4. The molecule has 1 aliphatic heterocycles. The summed E-state index contributed by atoms with van der Waals surface area (Å²) in [6, 6.07) is 1.77. The molecule has 35 heavy (non-hydrogen) atoms. The molecule has 192 valence electrons. The Hall–Kier alpha value is -2.25. The van der Waals surface area contributed by atoms with Gasteiger partial charge >= 0.3 is 6.18 Å². The number of thiophene rings is 1. The maximum atomic E-state index is 13.5. The first-order chi connectivity index (χ1) is 16.8. The molecule has 4 rings (SSSR count). The highest BCUT2D eigenvalue weighted by molar-refractivity contribution is 7.12. The Labute approximate surface area is 205 Å². The number of hydrogen-bond donors (Lipinski definition) is 2. The molecule has 0 bridgehead atoms. The van der Waals surface area contributed by atoms with E-state index in [4.69, 9.17) is 4.74 Å². The molecule has 8 nitrogen and oxygen atoms in total. The molecule has 0 fully saturated rings. The largest absolute Gasteiger partial charge is 0.425 e. The lowest BCUT2D eigenvalue weighted by Crippen LogP contribution is -2.28. The number of hydrogen-bond acceptors (Lipinski definition) is 7. The number of fused-ring (bicyclic) bond motifs is 1. The molecule has 0 spiro atoms. The van der Waals surface area contributed by atoms with Gasteiger partial charge in [0.05, 0.1) is 38.3 Å². The highest BCUT2D eigenvalue weighted by atomic mass is 32.1. The molecule has 1 aliphatic rings. The van der Waals surface area contributed by atoms with Gasteiger partial charge in [-0.2, -0.15) is 23.4 Å². The molecule has 4 heterocycles. The van der Waals surface area contributed by atoms with Crippen LogP contribution >= 0.6 is 11.3 Å². The van der Waals surface area contributed by atoms with E-state index in [1.54, 1.807) is 34.9 Å². The molecule has 0 aromatic carbocycles. The van der Waals surface area contributed by atoms with E-state index in [0.717, 1.165) is 16.9 Å². The van der Waals surface area contributed by atoms with E-state index in [9.17, 15) is 23.4 Å². The second-order valence-electron chi connectivity index (χ2n) is 8.68. The van der Waals surface area contributed by atoms with Crippen LogP contribution in [0.25, 0.3) is 0 Å². The molecule has 1 unspecified atom stereocenters. The Morgan fingerprint density at radius 3 is 2.74 bits per heavy atom. The summed E-state index contributed by atoms with van der Waals surface area (Å²) in [4.78, 5) is 2.19. The van der Waals surface area contributed by atoms with Crippen LogP contribution in [0.15, 0.2) is 24.7 Å². The Morgan fingerprint density at radius 2 is 2.03 bits per heavy atom. The third kappa shape index (κ3) is 6.31. The summed E-state index contributed by atoms with van der Waals surface area (Å²) in [5.74, 6) is 0. The van der Waals surface area contributed by atoms with Crippen molar-refractivity contribution in [1.29, 1.82) is 0 Å². The third-order valence-corrected chi connectivity index (χ3v) is 7.57. The minimum atomic E-state index is -4.47. The summed E-state index contributed by atoms with van der Waals surface area (Å²) >= 11 is 0.751. The highest BCUT2D eigenvalue weighted by Crippen LogP contribution is 2.41. The fourth-order valence-corrected chi connectivity index (χ4v) is 5.74. The minimum Gasteiger partial charge on any atom is -0.392 e. The lowest BCUT2D eigenvalue weighted by atomic mass is 10.0. The fourth-order valence-electron chi connectivity index (χ4n) is 4.47. The number of halogens is 3. The van der Waals surface area contributed by atoms with Gasteiger partial charge in [0.1, 0.15) is 11.0 Å². The molecular weight excluding hydrogens is 483 g/mol. The van der Waals surface area contributed by atoms with Crippen LogP contribution in [0, 0.1) is 0 Å². The lowest BCUT2D eigenvalue weighted by molar-refractivity contribution is -0.135. The van der Waals surface area contributed by atoms with Crippen LogP contribution in [0.5, 0.6) is 0 Å². The van der Waals surface area contributed by atoms with Gasteiger partial charge in [-0.3, -0.25) is 14.3 Å². The van der Waals surface area contributed by atoms with E-state index in [1.165, 1.54) is 0 Å². The Kier molecular flexibility index (Phi) is 8.27. The van der Waals surface area contributed by atoms with Crippen molar-refractivity contribution in [3.63, 3.8) is 0 Å². The van der Waals surface area contributed by atoms with Crippen molar-refractivity contribution in [3.8, 4) is 0 Å². The zero-order valence-corrected chi connectivity index (χ0v) is 20.4. The molecule has 0 aliphatic carbocycles. The average molecular weight is 514 g/mol. The van der Waals surface area contributed by atoms with Crippen molar-refractivity contribution in [3.05, 3.63) is 56.8 Å².